The summed E-state index contributed by atoms with van der Waals surface area (Å²) in [6.45, 7) is 11.7. The van der Waals surface area contributed by atoms with Crippen LogP contribution in [0.2, 0.25) is 0 Å². The third kappa shape index (κ3) is 6.95. The van der Waals surface area contributed by atoms with Crippen LogP contribution in [0.3, 0.4) is 0 Å². The Balaban J connectivity index is 3.89. The van der Waals surface area contributed by atoms with Gasteiger partial charge in [0, 0.05) is 25.2 Å². The minimum absolute atomic E-state index is 0.0467. The van der Waals surface area contributed by atoms with Crippen LogP contribution in [0.25, 0.3) is 0 Å². The number of nitrogens with one attached hydrogen (secondary N) is 2. The topological polar surface area (TPSA) is 64.5 Å². The first-order valence-corrected chi connectivity index (χ1v) is 5.76. The Labute approximate surface area is 98.8 Å². The van der Waals surface area contributed by atoms with Gasteiger partial charge in [-0.25, -0.2) is 0 Å². The molecule has 0 spiro atoms. The summed E-state index contributed by atoms with van der Waals surface area (Å²) in [5.74, 6) is 0. The van der Waals surface area contributed by atoms with Crippen molar-refractivity contribution in [1.82, 2.24) is 10.6 Å². The first-order chi connectivity index (χ1) is 7.45. The molecule has 0 saturated carbocycles. The van der Waals surface area contributed by atoms with Gasteiger partial charge in [-0.1, -0.05) is 19.9 Å². The molecule has 0 rings (SSSR count). The largest absolute Gasteiger partial charge is 0.395 e. The number of hydrogen-bond acceptors (Lipinski definition) is 4. The second kappa shape index (κ2) is 7.79. The predicted molar refractivity (Wildman–Crippen MR) is 67.4 cm³/mol. The van der Waals surface area contributed by atoms with Gasteiger partial charge in [-0.2, -0.15) is 0 Å². The van der Waals surface area contributed by atoms with Gasteiger partial charge >= 0.3 is 0 Å². The normalized spacial score (nSPS) is 15.8. The van der Waals surface area contributed by atoms with Crippen LogP contribution in [0.15, 0.2) is 12.7 Å². The van der Waals surface area contributed by atoms with E-state index in [2.05, 4.69) is 31.1 Å². The third-order valence-corrected chi connectivity index (χ3v) is 2.53. The summed E-state index contributed by atoms with van der Waals surface area (Å²) in [7, 11) is 0. The van der Waals surface area contributed by atoms with Gasteiger partial charge < -0.3 is 20.8 Å². The van der Waals surface area contributed by atoms with Crippen LogP contribution in [0.5, 0.6) is 0 Å². The zero-order valence-corrected chi connectivity index (χ0v) is 10.7. The van der Waals surface area contributed by atoms with E-state index in [0.29, 0.717) is 0 Å². The zero-order chi connectivity index (χ0) is 12.6. The van der Waals surface area contributed by atoms with Gasteiger partial charge in [-0.05, 0) is 12.3 Å². The Morgan fingerprint density at radius 2 is 1.75 bits per heavy atom. The minimum atomic E-state index is -0.0467. The van der Waals surface area contributed by atoms with Gasteiger partial charge in [0.2, 0.25) is 0 Å². The van der Waals surface area contributed by atoms with Crippen molar-refractivity contribution in [1.29, 1.82) is 0 Å². The average Bonchev–Trinajstić information content (AvgIpc) is 2.27. The van der Waals surface area contributed by atoms with Crippen LogP contribution in [-0.2, 0) is 0 Å². The molecule has 0 aromatic heterocycles. The Morgan fingerprint density at radius 1 is 1.19 bits per heavy atom. The quantitative estimate of drug-likeness (QED) is 0.425. The summed E-state index contributed by atoms with van der Waals surface area (Å²) in [5, 5.41) is 24.4. The van der Waals surface area contributed by atoms with Crippen LogP contribution in [0.1, 0.15) is 20.8 Å². The summed E-state index contributed by atoms with van der Waals surface area (Å²) in [4.78, 5) is 0. The summed E-state index contributed by atoms with van der Waals surface area (Å²) in [5.41, 5.74) is 0.0693. The van der Waals surface area contributed by atoms with Gasteiger partial charge in [-0.15, -0.1) is 6.58 Å². The zero-order valence-electron chi connectivity index (χ0n) is 10.7. The smallest absolute Gasteiger partial charge is 0.0620 e. The number of aliphatic hydroxyl groups excluding tert-OH is 2. The summed E-state index contributed by atoms with van der Waals surface area (Å²) in [6, 6.07) is 0.0712. The minimum Gasteiger partial charge on any atom is -0.395 e. The third-order valence-electron chi connectivity index (χ3n) is 2.53. The molecule has 4 heteroatoms. The molecule has 0 bridgehead atoms. The van der Waals surface area contributed by atoms with E-state index in [-0.39, 0.29) is 30.7 Å². The molecular formula is C12H26N2O2. The maximum absolute atomic E-state index is 9.00. The molecule has 4 N–H and O–H groups in total. The highest BCUT2D eigenvalue weighted by Gasteiger charge is 2.19. The fraction of sp³-hybridized carbons (Fsp3) is 0.833. The van der Waals surface area contributed by atoms with E-state index in [1.54, 1.807) is 6.08 Å². The van der Waals surface area contributed by atoms with Crippen molar-refractivity contribution < 1.29 is 10.2 Å². The van der Waals surface area contributed by atoms with E-state index in [4.69, 9.17) is 10.2 Å². The molecular weight excluding hydrogens is 204 g/mol. The molecule has 2 unspecified atom stereocenters. The molecule has 2 atom stereocenters. The summed E-state index contributed by atoms with van der Waals surface area (Å²) < 4.78 is 0. The molecule has 0 aromatic rings. The van der Waals surface area contributed by atoms with Gasteiger partial charge in [0.25, 0.3) is 0 Å². The van der Waals surface area contributed by atoms with E-state index >= 15 is 0 Å². The Kier molecular flexibility index (Phi) is 7.58. The van der Waals surface area contributed by atoms with Crippen molar-refractivity contribution in [2.75, 3.05) is 26.3 Å². The molecule has 0 aliphatic rings. The van der Waals surface area contributed by atoms with Crippen LogP contribution in [-0.4, -0.2) is 48.6 Å². The maximum atomic E-state index is 9.00. The molecule has 96 valence electrons. The van der Waals surface area contributed by atoms with Gasteiger partial charge in [0.05, 0.1) is 13.2 Å². The molecule has 0 aliphatic carbocycles. The molecule has 0 aliphatic heterocycles. The maximum Gasteiger partial charge on any atom is 0.0620 e. The Morgan fingerprint density at radius 3 is 2.19 bits per heavy atom. The average molecular weight is 230 g/mol. The van der Waals surface area contributed by atoms with Gasteiger partial charge in [0.1, 0.15) is 0 Å². The van der Waals surface area contributed by atoms with Crippen molar-refractivity contribution >= 4 is 0 Å². The second-order valence-corrected chi connectivity index (χ2v) is 5.03. The lowest BCUT2D eigenvalue weighted by molar-refractivity contribution is 0.218. The lowest BCUT2D eigenvalue weighted by Gasteiger charge is -2.28. The second-order valence-electron chi connectivity index (χ2n) is 5.03. The number of rotatable bonds is 9. The number of aliphatic hydroxyl groups is 2. The molecule has 0 fully saturated rings. The fourth-order valence-electron chi connectivity index (χ4n) is 1.21. The SMILES string of the molecule is C=CC(CO)NCC(C)(C)CNC(C)CO. The van der Waals surface area contributed by atoms with E-state index in [0.717, 1.165) is 13.1 Å². The summed E-state index contributed by atoms with van der Waals surface area (Å²) in [6.07, 6.45) is 1.71. The number of hydrogen-bond donors (Lipinski definition) is 4. The molecule has 16 heavy (non-hydrogen) atoms. The van der Waals surface area contributed by atoms with E-state index in [1.807, 2.05) is 6.92 Å². The van der Waals surface area contributed by atoms with Crippen LogP contribution < -0.4 is 10.6 Å². The fourth-order valence-corrected chi connectivity index (χ4v) is 1.21. The van der Waals surface area contributed by atoms with E-state index in [1.165, 1.54) is 0 Å². The Bertz CT molecular complexity index is 195. The van der Waals surface area contributed by atoms with Crippen molar-refractivity contribution in [2.24, 2.45) is 5.41 Å². The molecule has 0 aromatic carbocycles. The first kappa shape index (κ1) is 15.6. The predicted octanol–water partition coefficient (Wildman–Crippen LogP) is 0.120. The lowest BCUT2D eigenvalue weighted by Crippen LogP contribution is -2.45. The van der Waals surface area contributed by atoms with E-state index < -0.39 is 0 Å². The highest BCUT2D eigenvalue weighted by atomic mass is 16.3. The van der Waals surface area contributed by atoms with Crippen molar-refractivity contribution in [3.05, 3.63) is 12.7 Å². The van der Waals surface area contributed by atoms with Crippen LogP contribution >= 0.6 is 0 Å². The molecule has 0 saturated heterocycles. The van der Waals surface area contributed by atoms with Crippen LogP contribution in [0, 0.1) is 5.41 Å². The molecule has 0 heterocycles. The van der Waals surface area contributed by atoms with Crippen LogP contribution in [0.4, 0.5) is 0 Å². The molecule has 0 amide bonds. The Hall–Kier alpha value is -0.420. The monoisotopic (exact) mass is 230 g/mol. The van der Waals surface area contributed by atoms with E-state index in [9.17, 15) is 0 Å². The van der Waals surface area contributed by atoms with Crippen molar-refractivity contribution in [3.8, 4) is 0 Å². The molecule has 4 nitrogen and oxygen atoms in total. The standard InChI is InChI=1S/C12H26N2O2/c1-5-11(7-16)14-9-12(3,4)8-13-10(2)6-15/h5,10-11,13-16H,1,6-9H2,2-4H3. The summed E-state index contributed by atoms with van der Waals surface area (Å²) >= 11 is 0. The molecule has 0 radical (unpaired) electrons. The lowest BCUT2D eigenvalue weighted by atomic mass is 9.92. The van der Waals surface area contributed by atoms with Crippen molar-refractivity contribution in [3.63, 3.8) is 0 Å². The highest BCUT2D eigenvalue weighted by molar-refractivity contribution is 4.87. The van der Waals surface area contributed by atoms with Gasteiger partial charge in [0.15, 0.2) is 0 Å². The highest BCUT2D eigenvalue weighted by Crippen LogP contribution is 2.12. The van der Waals surface area contributed by atoms with Crippen molar-refractivity contribution in [2.45, 2.75) is 32.9 Å². The first-order valence-electron chi connectivity index (χ1n) is 5.76. The van der Waals surface area contributed by atoms with Gasteiger partial charge in [-0.3, -0.25) is 0 Å².